The molecule has 6 atom stereocenters. The average Bonchev–Trinajstić information content (AvgIpc) is 3.63. The topological polar surface area (TPSA) is 57.5 Å². The van der Waals surface area contributed by atoms with Crippen LogP contribution in [0.5, 0.6) is 0 Å². The summed E-state index contributed by atoms with van der Waals surface area (Å²) in [6, 6.07) is 0. The van der Waals surface area contributed by atoms with Gasteiger partial charge in [0.2, 0.25) is 0 Å². The van der Waals surface area contributed by atoms with Gasteiger partial charge in [0.25, 0.3) is 0 Å². The third-order valence-corrected chi connectivity index (χ3v) is 11.4. The second-order valence-corrected chi connectivity index (χ2v) is 14.2. The molecule has 4 rings (SSSR count). The van der Waals surface area contributed by atoms with Crippen molar-refractivity contribution in [2.45, 2.75) is 149 Å². The Labute approximate surface area is 245 Å². The van der Waals surface area contributed by atoms with Crippen LogP contribution in [0.4, 0.5) is 0 Å². The van der Waals surface area contributed by atoms with E-state index in [-0.39, 0.29) is 5.41 Å². The molecule has 3 nitrogen and oxygen atoms in total. The van der Waals surface area contributed by atoms with Gasteiger partial charge in [-0.05, 0) is 105 Å². The molecule has 0 aromatic heterocycles. The number of rotatable bonds is 14. The van der Waals surface area contributed by atoms with Crippen LogP contribution in [0, 0.1) is 28.6 Å². The second-order valence-electron chi connectivity index (χ2n) is 14.2. The van der Waals surface area contributed by atoms with Gasteiger partial charge in [-0.15, -0.1) is 0 Å². The molecule has 0 heterocycles. The van der Waals surface area contributed by atoms with Gasteiger partial charge in [0.15, 0.2) is 0 Å². The lowest BCUT2D eigenvalue weighted by atomic mass is 9.61. The number of aliphatic hydroxyl groups is 2. The molecule has 4 aliphatic carbocycles. The number of carbonyl (C=O) groups is 1. The Morgan fingerprint density at radius 3 is 2.58 bits per heavy atom. The molecule has 0 amide bonds. The Kier molecular flexibility index (Phi) is 11.1. The molecule has 4 fully saturated rings. The first-order chi connectivity index (χ1) is 19.2. The number of Topliss-reactive ketones (excluding diaryl/α,β-unsaturated/α-hetero) is 1. The zero-order valence-electron chi connectivity index (χ0n) is 25.9. The highest BCUT2D eigenvalue weighted by Gasteiger charge is 2.50. The van der Waals surface area contributed by atoms with Gasteiger partial charge in [-0.2, -0.15) is 0 Å². The molecule has 4 aliphatic rings. The molecule has 224 valence electrons. The van der Waals surface area contributed by atoms with E-state index in [4.69, 9.17) is 0 Å². The van der Waals surface area contributed by atoms with E-state index >= 15 is 0 Å². The van der Waals surface area contributed by atoms with Gasteiger partial charge in [-0.1, -0.05) is 89.3 Å². The molecule has 0 saturated heterocycles. The molecule has 3 heteroatoms. The summed E-state index contributed by atoms with van der Waals surface area (Å²) in [5, 5.41) is 20.4. The molecular formula is C37H58O3. The van der Waals surface area contributed by atoms with Crippen molar-refractivity contribution in [2.24, 2.45) is 28.6 Å². The van der Waals surface area contributed by atoms with Gasteiger partial charge in [0, 0.05) is 18.3 Å². The summed E-state index contributed by atoms with van der Waals surface area (Å²) in [7, 11) is 0. The van der Waals surface area contributed by atoms with Crippen molar-refractivity contribution in [1.29, 1.82) is 0 Å². The standard InChI is InChI=1S/C37H58O3/c1-5-6-7-8-9-10-16-35(40)37(23-24-37)22-12-11-14-27(2)32-19-20-33-29(15-13-21-36(32,33)4)17-18-30-25-31(38)26-34(39)28(30)3/h11,14,17-18,27,31-34,38-39H,3,5-10,12-13,15-16,19-26H2,1-2,4H3/b14-11+,29-17+,30-18-/t27-,31-,32-,33+,34+,36-/m1/s1. The maximum atomic E-state index is 12.9. The van der Waals surface area contributed by atoms with Crippen molar-refractivity contribution in [3.05, 3.63) is 47.6 Å². The van der Waals surface area contributed by atoms with Crippen molar-refractivity contribution in [2.75, 3.05) is 0 Å². The molecule has 4 saturated carbocycles. The van der Waals surface area contributed by atoms with Crippen LogP contribution in [-0.2, 0) is 4.79 Å². The van der Waals surface area contributed by atoms with E-state index in [9.17, 15) is 15.0 Å². The summed E-state index contributed by atoms with van der Waals surface area (Å²) in [5.41, 5.74) is 3.70. The Hall–Kier alpha value is -1.45. The van der Waals surface area contributed by atoms with Gasteiger partial charge in [0.1, 0.15) is 5.78 Å². The summed E-state index contributed by atoms with van der Waals surface area (Å²) in [5.74, 6) is 2.43. The van der Waals surface area contributed by atoms with Crippen LogP contribution in [0.15, 0.2) is 47.6 Å². The summed E-state index contributed by atoms with van der Waals surface area (Å²) in [6.45, 7) is 11.3. The lowest BCUT2D eigenvalue weighted by molar-refractivity contribution is -0.124. The Morgan fingerprint density at radius 1 is 1.07 bits per heavy atom. The van der Waals surface area contributed by atoms with Crippen LogP contribution in [0.3, 0.4) is 0 Å². The second kappa shape index (κ2) is 14.1. The third kappa shape index (κ3) is 7.49. The van der Waals surface area contributed by atoms with Crippen molar-refractivity contribution in [3.63, 3.8) is 0 Å². The highest BCUT2D eigenvalue weighted by atomic mass is 16.3. The lowest BCUT2D eigenvalue weighted by Gasteiger charge is -2.44. The van der Waals surface area contributed by atoms with Gasteiger partial charge >= 0.3 is 0 Å². The van der Waals surface area contributed by atoms with Crippen LogP contribution in [-0.4, -0.2) is 28.2 Å². The zero-order chi connectivity index (χ0) is 28.8. The summed E-state index contributed by atoms with van der Waals surface area (Å²) < 4.78 is 0. The van der Waals surface area contributed by atoms with Crippen molar-refractivity contribution >= 4 is 5.78 Å². The average molecular weight is 551 g/mol. The lowest BCUT2D eigenvalue weighted by Crippen LogP contribution is -2.35. The van der Waals surface area contributed by atoms with Crippen LogP contribution < -0.4 is 0 Å². The summed E-state index contributed by atoms with van der Waals surface area (Å²) in [4.78, 5) is 12.9. The molecule has 2 N–H and O–H groups in total. The number of carbonyl (C=O) groups excluding carboxylic acids is 1. The maximum absolute atomic E-state index is 12.9. The fourth-order valence-corrected chi connectivity index (χ4v) is 8.56. The molecule has 0 radical (unpaired) electrons. The quantitative estimate of drug-likeness (QED) is 0.167. The summed E-state index contributed by atoms with van der Waals surface area (Å²) >= 11 is 0. The zero-order valence-corrected chi connectivity index (χ0v) is 25.9. The van der Waals surface area contributed by atoms with Crippen molar-refractivity contribution in [1.82, 2.24) is 0 Å². The minimum Gasteiger partial charge on any atom is -0.393 e. The maximum Gasteiger partial charge on any atom is 0.139 e. The summed E-state index contributed by atoms with van der Waals surface area (Å²) in [6.07, 6.45) is 28.1. The molecule has 0 aromatic carbocycles. The van der Waals surface area contributed by atoms with Gasteiger partial charge < -0.3 is 10.2 Å². The van der Waals surface area contributed by atoms with E-state index in [0.717, 1.165) is 56.1 Å². The third-order valence-electron chi connectivity index (χ3n) is 11.4. The fourth-order valence-electron chi connectivity index (χ4n) is 8.56. The first-order valence-electron chi connectivity index (χ1n) is 16.8. The first-order valence-corrected chi connectivity index (χ1v) is 16.8. The van der Waals surface area contributed by atoms with Gasteiger partial charge in [-0.3, -0.25) is 4.79 Å². The number of hydrogen-bond donors (Lipinski definition) is 2. The van der Waals surface area contributed by atoms with Crippen LogP contribution in [0.2, 0.25) is 0 Å². The number of unbranched alkanes of at least 4 members (excludes halogenated alkanes) is 5. The number of aliphatic hydroxyl groups excluding tert-OH is 2. The molecular weight excluding hydrogens is 492 g/mol. The van der Waals surface area contributed by atoms with E-state index in [0.29, 0.717) is 41.8 Å². The molecule has 0 aliphatic heterocycles. The molecule has 0 aromatic rings. The van der Waals surface area contributed by atoms with Crippen molar-refractivity contribution < 1.29 is 15.0 Å². The van der Waals surface area contributed by atoms with E-state index in [1.807, 2.05) is 0 Å². The Morgan fingerprint density at radius 2 is 1.82 bits per heavy atom. The minimum absolute atomic E-state index is 0.0226. The van der Waals surface area contributed by atoms with E-state index in [2.05, 4.69) is 51.7 Å². The number of ketones is 1. The molecule has 0 bridgehead atoms. The number of fused-ring (bicyclic) bond motifs is 1. The van der Waals surface area contributed by atoms with Crippen LogP contribution in [0.25, 0.3) is 0 Å². The highest BCUT2D eigenvalue weighted by Crippen LogP contribution is 2.59. The Bertz CT molecular complexity index is 966. The minimum atomic E-state index is -0.623. The first kappa shape index (κ1) is 31.5. The normalized spacial score (nSPS) is 34.5. The van der Waals surface area contributed by atoms with E-state index < -0.39 is 12.2 Å². The highest BCUT2D eigenvalue weighted by molar-refractivity contribution is 5.87. The van der Waals surface area contributed by atoms with Crippen LogP contribution in [0.1, 0.15) is 136 Å². The van der Waals surface area contributed by atoms with E-state index in [1.165, 1.54) is 57.8 Å². The molecule has 0 unspecified atom stereocenters. The smallest absolute Gasteiger partial charge is 0.139 e. The largest absolute Gasteiger partial charge is 0.393 e. The predicted octanol–water partition coefficient (Wildman–Crippen LogP) is 9.20. The van der Waals surface area contributed by atoms with Crippen molar-refractivity contribution in [3.8, 4) is 0 Å². The predicted molar refractivity (Wildman–Crippen MR) is 167 cm³/mol. The fraction of sp³-hybridized carbons (Fsp3) is 0.757. The molecule has 0 spiro atoms. The Balaban J connectivity index is 1.28. The van der Waals surface area contributed by atoms with Gasteiger partial charge in [-0.25, -0.2) is 0 Å². The SMILES string of the molecule is C=C1/C(=C\C=C2/CCC[C@]3(C)[C@@H]([C@H](C)/C=C/CCC4(C(=O)CCCCCCCC)CC4)CC[C@@H]23)C[C@@H](O)C[C@@H]1O. The monoisotopic (exact) mass is 550 g/mol. The van der Waals surface area contributed by atoms with Gasteiger partial charge in [0.05, 0.1) is 12.2 Å². The van der Waals surface area contributed by atoms with E-state index in [1.54, 1.807) is 5.57 Å². The molecule has 40 heavy (non-hydrogen) atoms. The number of hydrogen-bond acceptors (Lipinski definition) is 3. The number of allylic oxidation sites excluding steroid dienone is 5. The van der Waals surface area contributed by atoms with Crippen LogP contribution >= 0.6 is 0 Å².